The summed E-state index contributed by atoms with van der Waals surface area (Å²) in [6, 6.07) is 6.65. The Bertz CT molecular complexity index is 835. The monoisotopic (exact) mass is 428 g/mol. The van der Waals surface area contributed by atoms with Crippen LogP contribution >= 0.6 is 0 Å². The predicted molar refractivity (Wildman–Crippen MR) is 116 cm³/mol. The van der Waals surface area contributed by atoms with Crippen molar-refractivity contribution in [2.45, 2.75) is 58.9 Å². The molecule has 31 heavy (non-hydrogen) atoms. The van der Waals surface area contributed by atoms with Crippen molar-refractivity contribution in [3.8, 4) is 0 Å². The molecule has 1 aromatic carbocycles. The summed E-state index contributed by atoms with van der Waals surface area (Å²) in [7, 11) is 0. The van der Waals surface area contributed by atoms with Gasteiger partial charge in [-0.2, -0.15) is 0 Å². The van der Waals surface area contributed by atoms with Gasteiger partial charge in [0, 0.05) is 36.7 Å². The zero-order valence-corrected chi connectivity index (χ0v) is 18.6. The van der Waals surface area contributed by atoms with E-state index in [4.69, 9.17) is 4.74 Å². The molecule has 4 atom stereocenters. The van der Waals surface area contributed by atoms with Crippen molar-refractivity contribution in [1.82, 2.24) is 4.90 Å². The largest absolute Gasteiger partial charge is 0.457 e. The number of anilines is 1. The number of ether oxygens (including phenoxy) is 1. The molecule has 0 aromatic heterocycles. The van der Waals surface area contributed by atoms with Gasteiger partial charge in [0.2, 0.25) is 11.8 Å². The fraction of sp³-hybridized carbons (Fsp3) is 0.583. The van der Waals surface area contributed by atoms with Crippen molar-refractivity contribution < 1.29 is 23.9 Å². The molecule has 0 spiro atoms. The maximum Gasteiger partial charge on any atom is 0.311 e. The summed E-state index contributed by atoms with van der Waals surface area (Å²) in [6.07, 6.45) is 3.78. The molecule has 168 valence electrons. The lowest BCUT2D eigenvalue weighted by molar-refractivity contribution is -0.147. The predicted octanol–water partition coefficient (Wildman–Crippen LogP) is 3.43. The maximum atomic E-state index is 12.6. The molecule has 1 aromatic rings. The number of likely N-dealkylation sites (tertiary alicyclic amines) is 1. The van der Waals surface area contributed by atoms with Gasteiger partial charge >= 0.3 is 5.97 Å². The van der Waals surface area contributed by atoms with Crippen LogP contribution in [0.4, 0.5) is 5.69 Å². The van der Waals surface area contributed by atoms with E-state index in [9.17, 15) is 19.2 Å². The molecule has 0 bridgehead atoms. The number of hydrogen-bond donors (Lipinski definition) is 1. The minimum atomic E-state index is -0.517. The van der Waals surface area contributed by atoms with E-state index < -0.39 is 11.9 Å². The number of carbonyl (C=O) groups is 4. The van der Waals surface area contributed by atoms with Gasteiger partial charge in [0.1, 0.15) is 0 Å². The van der Waals surface area contributed by atoms with Gasteiger partial charge in [-0.3, -0.25) is 19.2 Å². The van der Waals surface area contributed by atoms with Gasteiger partial charge in [-0.25, -0.2) is 0 Å². The van der Waals surface area contributed by atoms with Crippen molar-refractivity contribution >= 4 is 29.3 Å². The number of nitrogens with zero attached hydrogens (tertiary/aromatic N) is 1. The van der Waals surface area contributed by atoms with E-state index in [0.29, 0.717) is 36.1 Å². The molecule has 3 rings (SSSR count). The minimum absolute atomic E-state index is 0.00365. The summed E-state index contributed by atoms with van der Waals surface area (Å²) in [4.78, 5) is 50.7. The van der Waals surface area contributed by atoms with Gasteiger partial charge < -0.3 is 15.0 Å². The van der Waals surface area contributed by atoms with E-state index in [-0.39, 0.29) is 36.7 Å². The molecule has 7 heteroatoms. The molecule has 1 heterocycles. The fourth-order valence-electron chi connectivity index (χ4n) is 4.53. The highest BCUT2D eigenvalue weighted by Crippen LogP contribution is 2.35. The van der Waals surface area contributed by atoms with Crippen LogP contribution in [0, 0.1) is 17.8 Å². The second kappa shape index (κ2) is 10.1. The Balaban J connectivity index is 1.51. The smallest absolute Gasteiger partial charge is 0.311 e. The molecule has 0 unspecified atom stereocenters. The third-order valence-electron chi connectivity index (χ3n) is 6.71. The molecule has 1 aliphatic carbocycles. The molecule has 1 saturated heterocycles. The highest BCUT2D eigenvalue weighted by Gasteiger charge is 2.42. The van der Waals surface area contributed by atoms with Crippen molar-refractivity contribution in [2.24, 2.45) is 17.8 Å². The average molecular weight is 429 g/mol. The third kappa shape index (κ3) is 5.51. The number of nitrogens with one attached hydrogen (secondary N) is 1. The SMILES string of the molecule is CCC(=O)Nc1ccc(C(=O)COC(=O)[C@H]2CC(=O)N([C@H]3CCC[C@H](C)[C@@H]3C)C2)cc1. The van der Waals surface area contributed by atoms with Crippen LogP contribution in [0.2, 0.25) is 0 Å². The second-order valence-electron chi connectivity index (χ2n) is 8.79. The fourth-order valence-corrected chi connectivity index (χ4v) is 4.53. The molecule has 2 fully saturated rings. The van der Waals surface area contributed by atoms with E-state index in [2.05, 4.69) is 19.2 Å². The first kappa shape index (κ1) is 23.0. The molecule has 2 aliphatic rings. The van der Waals surface area contributed by atoms with E-state index in [1.807, 2.05) is 4.90 Å². The quantitative estimate of drug-likeness (QED) is 0.531. The van der Waals surface area contributed by atoms with Crippen molar-refractivity contribution in [2.75, 3.05) is 18.5 Å². The number of rotatable bonds is 7. The third-order valence-corrected chi connectivity index (χ3v) is 6.71. The molecule has 1 saturated carbocycles. The van der Waals surface area contributed by atoms with Crippen molar-refractivity contribution in [1.29, 1.82) is 0 Å². The van der Waals surface area contributed by atoms with Crippen molar-refractivity contribution in [3.63, 3.8) is 0 Å². The Kier molecular flexibility index (Phi) is 7.46. The van der Waals surface area contributed by atoms with Crippen LogP contribution in [0.15, 0.2) is 24.3 Å². The topological polar surface area (TPSA) is 92.8 Å². The van der Waals surface area contributed by atoms with Gasteiger partial charge in [0.05, 0.1) is 5.92 Å². The summed E-state index contributed by atoms with van der Waals surface area (Å²) >= 11 is 0. The molecule has 1 aliphatic heterocycles. The molecule has 2 amide bonds. The first-order valence-corrected chi connectivity index (χ1v) is 11.2. The summed E-state index contributed by atoms with van der Waals surface area (Å²) in [5.74, 6) is -0.452. The van der Waals surface area contributed by atoms with Gasteiger partial charge in [0.25, 0.3) is 0 Å². The van der Waals surface area contributed by atoms with E-state index in [1.165, 1.54) is 6.42 Å². The Morgan fingerprint density at radius 1 is 1.13 bits per heavy atom. The van der Waals surface area contributed by atoms with Gasteiger partial charge in [-0.15, -0.1) is 0 Å². The van der Waals surface area contributed by atoms with Gasteiger partial charge in [-0.05, 0) is 42.5 Å². The highest BCUT2D eigenvalue weighted by atomic mass is 16.5. The normalized spacial score (nSPS) is 25.9. The summed E-state index contributed by atoms with van der Waals surface area (Å²) in [6.45, 7) is 6.18. The molecule has 1 N–H and O–H groups in total. The number of benzene rings is 1. The van der Waals surface area contributed by atoms with Crippen LogP contribution in [0.1, 0.15) is 63.2 Å². The van der Waals surface area contributed by atoms with Crippen LogP contribution in [0.3, 0.4) is 0 Å². The lowest BCUT2D eigenvalue weighted by atomic mass is 9.77. The van der Waals surface area contributed by atoms with Crippen LogP contribution in [-0.4, -0.2) is 47.7 Å². The van der Waals surface area contributed by atoms with E-state index >= 15 is 0 Å². The Labute approximate surface area is 183 Å². The lowest BCUT2D eigenvalue weighted by Gasteiger charge is -2.39. The summed E-state index contributed by atoms with van der Waals surface area (Å²) < 4.78 is 5.25. The Morgan fingerprint density at radius 3 is 2.52 bits per heavy atom. The van der Waals surface area contributed by atoms with Crippen LogP contribution < -0.4 is 5.32 Å². The lowest BCUT2D eigenvalue weighted by Crippen LogP contribution is -2.45. The first-order valence-electron chi connectivity index (χ1n) is 11.2. The summed E-state index contributed by atoms with van der Waals surface area (Å²) in [5.41, 5.74) is 1.01. The Hall–Kier alpha value is -2.70. The average Bonchev–Trinajstić information content (AvgIpc) is 3.15. The number of carbonyl (C=O) groups excluding carboxylic acids is 4. The number of ketones is 1. The number of Topliss-reactive ketones (excluding diaryl/α,β-unsaturated/α-hetero) is 1. The van der Waals surface area contributed by atoms with Crippen LogP contribution in [0.5, 0.6) is 0 Å². The maximum absolute atomic E-state index is 12.6. The number of amides is 2. The summed E-state index contributed by atoms with van der Waals surface area (Å²) in [5, 5.41) is 2.71. The number of esters is 1. The van der Waals surface area contributed by atoms with Gasteiger partial charge in [-0.1, -0.05) is 33.6 Å². The highest BCUT2D eigenvalue weighted by molar-refractivity contribution is 5.99. The van der Waals surface area contributed by atoms with Crippen molar-refractivity contribution in [3.05, 3.63) is 29.8 Å². The molecular weight excluding hydrogens is 396 g/mol. The van der Waals surface area contributed by atoms with Gasteiger partial charge in [0.15, 0.2) is 12.4 Å². The van der Waals surface area contributed by atoms with Crippen LogP contribution in [0.25, 0.3) is 0 Å². The standard InChI is InChI=1S/C24H32N2O5/c1-4-22(28)25-19-10-8-17(9-11-19)21(27)14-31-24(30)18-12-23(29)26(13-18)20-7-5-6-15(2)16(20)3/h8-11,15-16,18,20H,4-7,12-14H2,1-3H3,(H,25,28)/t15-,16-,18-,20-/m0/s1. The second-order valence-corrected chi connectivity index (χ2v) is 8.79. The molecular formula is C24H32N2O5. The van der Waals surface area contributed by atoms with Crippen LogP contribution in [-0.2, 0) is 19.1 Å². The Morgan fingerprint density at radius 2 is 1.84 bits per heavy atom. The zero-order valence-electron chi connectivity index (χ0n) is 18.6. The zero-order chi connectivity index (χ0) is 22.5. The molecule has 0 radical (unpaired) electrons. The minimum Gasteiger partial charge on any atom is -0.457 e. The van der Waals surface area contributed by atoms with E-state index in [1.54, 1.807) is 31.2 Å². The van der Waals surface area contributed by atoms with E-state index in [0.717, 1.165) is 12.8 Å². The molecule has 7 nitrogen and oxygen atoms in total. The first-order chi connectivity index (χ1) is 14.8. The number of hydrogen-bond acceptors (Lipinski definition) is 5.